The number of benzene rings is 1. The van der Waals surface area contributed by atoms with E-state index in [1.807, 2.05) is 11.0 Å². The molecule has 0 bridgehead atoms. The molecule has 0 fully saturated rings. The lowest BCUT2D eigenvalue weighted by molar-refractivity contribution is 0.0691. The molecule has 4 rings (SSSR count). The fourth-order valence-corrected chi connectivity index (χ4v) is 3.55. The van der Waals surface area contributed by atoms with E-state index < -0.39 is 5.97 Å². The van der Waals surface area contributed by atoms with Gasteiger partial charge in [0.25, 0.3) is 0 Å². The number of anilines is 2. The van der Waals surface area contributed by atoms with Gasteiger partial charge in [-0.2, -0.15) is 0 Å². The first-order valence-corrected chi connectivity index (χ1v) is 8.57. The van der Waals surface area contributed by atoms with Gasteiger partial charge < -0.3 is 10.0 Å². The van der Waals surface area contributed by atoms with Crippen LogP contribution in [0.3, 0.4) is 0 Å². The van der Waals surface area contributed by atoms with Gasteiger partial charge in [0.2, 0.25) is 0 Å². The van der Waals surface area contributed by atoms with Crippen LogP contribution in [0, 0.1) is 6.92 Å². The number of aromatic nitrogens is 4. The summed E-state index contributed by atoms with van der Waals surface area (Å²) in [5, 5.41) is 10.2. The van der Waals surface area contributed by atoms with Gasteiger partial charge in [-0.3, -0.25) is 4.57 Å². The first-order valence-electron chi connectivity index (χ1n) is 7.82. The highest BCUT2D eigenvalue weighted by molar-refractivity contribution is 6.36. The van der Waals surface area contributed by atoms with Crippen molar-refractivity contribution in [2.45, 2.75) is 13.3 Å². The van der Waals surface area contributed by atoms with Crippen molar-refractivity contribution < 1.29 is 9.90 Å². The second-order valence-electron chi connectivity index (χ2n) is 5.87. The lowest BCUT2D eigenvalue weighted by Gasteiger charge is -2.20. The standard InChI is InChI=1S/C17H13Cl2N5O2/c1-9-21-15(23-7-13(17(25)26)20-8-23)11-4-5-24(16(11)22-9)14-3-2-10(18)6-12(14)19/h2-3,6-8H,4-5H2,1H3,(H,25,26). The van der Waals surface area contributed by atoms with Crippen LogP contribution in [-0.4, -0.2) is 37.1 Å². The minimum absolute atomic E-state index is 0.0365. The molecule has 0 radical (unpaired) electrons. The quantitative estimate of drug-likeness (QED) is 0.735. The molecule has 132 valence electrons. The number of carboxylic acid groups (broad SMARTS) is 1. The highest BCUT2D eigenvalue weighted by Gasteiger charge is 2.28. The van der Waals surface area contributed by atoms with E-state index in [0.29, 0.717) is 34.7 Å². The van der Waals surface area contributed by atoms with Gasteiger partial charge in [0.05, 0.1) is 10.7 Å². The maximum Gasteiger partial charge on any atom is 0.356 e. The number of rotatable bonds is 3. The van der Waals surface area contributed by atoms with Crippen LogP contribution in [0.2, 0.25) is 10.0 Å². The molecule has 7 nitrogen and oxygen atoms in total. The molecule has 9 heteroatoms. The van der Waals surface area contributed by atoms with E-state index in [1.165, 1.54) is 12.5 Å². The lowest BCUT2D eigenvalue weighted by atomic mass is 10.2. The van der Waals surface area contributed by atoms with Crippen LogP contribution >= 0.6 is 23.2 Å². The second kappa shape index (κ2) is 6.26. The summed E-state index contributed by atoms with van der Waals surface area (Å²) in [4.78, 5) is 26.1. The third kappa shape index (κ3) is 2.79. The van der Waals surface area contributed by atoms with Crippen molar-refractivity contribution in [1.29, 1.82) is 0 Å². The van der Waals surface area contributed by atoms with Crippen LogP contribution in [0.5, 0.6) is 0 Å². The van der Waals surface area contributed by atoms with Gasteiger partial charge in [-0.1, -0.05) is 23.2 Å². The third-order valence-corrected chi connectivity index (χ3v) is 4.70. The summed E-state index contributed by atoms with van der Waals surface area (Å²) < 4.78 is 1.62. The minimum Gasteiger partial charge on any atom is -0.476 e. The van der Waals surface area contributed by atoms with E-state index in [1.54, 1.807) is 23.6 Å². The molecule has 0 saturated carbocycles. The van der Waals surface area contributed by atoms with Gasteiger partial charge in [-0.05, 0) is 31.5 Å². The molecule has 0 amide bonds. The van der Waals surface area contributed by atoms with Gasteiger partial charge in [-0.15, -0.1) is 0 Å². The van der Waals surface area contributed by atoms with Crippen molar-refractivity contribution in [2.75, 3.05) is 11.4 Å². The molecule has 0 spiro atoms. The van der Waals surface area contributed by atoms with Gasteiger partial charge in [0, 0.05) is 23.3 Å². The molecule has 1 aliphatic heterocycles. The highest BCUT2D eigenvalue weighted by atomic mass is 35.5. The largest absolute Gasteiger partial charge is 0.476 e. The predicted octanol–water partition coefficient (Wildman–Crippen LogP) is 3.67. The lowest BCUT2D eigenvalue weighted by Crippen LogP contribution is -2.15. The Labute approximate surface area is 158 Å². The minimum atomic E-state index is -1.08. The molecular weight excluding hydrogens is 377 g/mol. The number of carboxylic acids is 1. The van der Waals surface area contributed by atoms with Crippen molar-refractivity contribution in [3.63, 3.8) is 0 Å². The van der Waals surface area contributed by atoms with E-state index in [4.69, 9.17) is 28.3 Å². The molecule has 0 saturated heterocycles. The van der Waals surface area contributed by atoms with Crippen molar-refractivity contribution in [2.24, 2.45) is 0 Å². The number of hydrogen-bond acceptors (Lipinski definition) is 5. The van der Waals surface area contributed by atoms with E-state index >= 15 is 0 Å². The Kier molecular flexibility index (Phi) is 4.05. The molecule has 0 atom stereocenters. The van der Waals surface area contributed by atoms with Crippen LogP contribution in [0.1, 0.15) is 21.9 Å². The number of imidazole rings is 1. The zero-order valence-electron chi connectivity index (χ0n) is 13.6. The van der Waals surface area contributed by atoms with E-state index in [2.05, 4.69) is 15.0 Å². The molecule has 1 aromatic carbocycles. The molecule has 26 heavy (non-hydrogen) atoms. The molecule has 3 heterocycles. The Balaban J connectivity index is 1.83. The van der Waals surface area contributed by atoms with Crippen LogP contribution in [0.25, 0.3) is 5.82 Å². The maximum absolute atomic E-state index is 11.1. The van der Waals surface area contributed by atoms with Crippen molar-refractivity contribution >= 4 is 40.7 Å². The van der Waals surface area contributed by atoms with Crippen LogP contribution in [-0.2, 0) is 6.42 Å². The van der Waals surface area contributed by atoms with Crippen LogP contribution in [0.4, 0.5) is 11.5 Å². The monoisotopic (exact) mass is 389 g/mol. The topological polar surface area (TPSA) is 84.1 Å². The number of halogens is 2. The highest BCUT2D eigenvalue weighted by Crippen LogP contribution is 2.39. The number of nitrogens with zero attached hydrogens (tertiary/aromatic N) is 5. The van der Waals surface area contributed by atoms with Crippen molar-refractivity contribution in [3.8, 4) is 5.82 Å². The fourth-order valence-electron chi connectivity index (χ4n) is 3.04. The average molecular weight is 390 g/mol. The van der Waals surface area contributed by atoms with Crippen LogP contribution in [0.15, 0.2) is 30.7 Å². The second-order valence-corrected chi connectivity index (χ2v) is 6.71. The zero-order valence-corrected chi connectivity index (χ0v) is 15.2. The summed E-state index contributed by atoms with van der Waals surface area (Å²) in [5.41, 5.74) is 1.69. The molecule has 0 unspecified atom stereocenters. The molecule has 3 aromatic rings. The first-order chi connectivity index (χ1) is 12.4. The van der Waals surface area contributed by atoms with Gasteiger partial charge >= 0.3 is 5.97 Å². The van der Waals surface area contributed by atoms with E-state index in [-0.39, 0.29) is 5.69 Å². The van der Waals surface area contributed by atoms with Crippen molar-refractivity contribution in [1.82, 2.24) is 19.5 Å². The third-order valence-electron chi connectivity index (χ3n) is 4.16. The summed E-state index contributed by atoms with van der Waals surface area (Å²) in [5.74, 6) is 0.865. The summed E-state index contributed by atoms with van der Waals surface area (Å²) in [6, 6.07) is 5.34. The Morgan fingerprint density at radius 2 is 2.00 bits per heavy atom. The van der Waals surface area contributed by atoms with Gasteiger partial charge in [0.1, 0.15) is 23.8 Å². The first kappa shape index (κ1) is 16.8. The molecular formula is C17H13Cl2N5O2. The summed E-state index contributed by atoms with van der Waals surface area (Å²) in [6.45, 7) is 2.47. The Morgan fingerprint density at radius 1 is 1.23 bits per heavy atom. The molecule has 0 aliphatic carbocycles. The Bertz CT molecular complexity index is 1030. The number of fused-ring (bicyclic) bond motifs is 1. The fraction of sp³-hybridized carbons (Fsp3) is 0.176. The molecule has 2 aromatic heterocycles. The van der Waals surface area contributed by atoms with E-state index in [9.17, 15) is 4.79 Å². The zero-order chi connectivity index (χ0) is 18.4. The summed E-state index contributed by atoms with van der Waals surface area (Å²) >= 11 is 12.4. The Morgan fingerprint density at radius 3 is 2.69 bits per heavy atom. The summed E-state index contributed by atoms with van der Waals surface area (Å²) in [6.07, 6.45) is 3.59. The number of aromatic carboxylic acids is 1. The number of carbonyl (C=O) groups is 1. The average Bonchev–Trinajstić information content (AvgIpc) is 3.21. The SMILES string of the molecule is Cc1nc2c(c(-n3cnc(C(=O)O)c3)n1)CCN2c1ccc(Cl)cc1Cl. The van der Waals surface area contributed by atoms with Gasteiger partial charge in [-0.25, -0.2) is 19.7 Å². The van der Waals surface area contributed by atoms with Crippen molar-refractivity contribution in [3.05, 3.63) is 57.9 Å². The predicted molar refractivity (Wildman–Crippen MR) is 98.0 cm³/mol. The van der Waals surface area contributed by atoms with Gasteiger partial charge in [0.15, 0.2) is 5.69 Å². The Hall–Kier alpha value is -2.64. The van der Waals surface area contributed by atoms with E-state index in [0.717, 1.165) is 17.1 Å². The number of aryl methyl sites for hydroxylation is 1. The molecule has 1 aliphatic rings. The normalized spacial score (nSPS) is 13.1. The maximum atomic E-state index is 11.1. The number of hydrogen-bond donors (Lipinski definition) is 1. The summed E-state index contributed by atoms with van der Waals surface area (Å²) in [7, 11) is 0. The molecule has 1 N–H and O–H groups in total. The van der Waals surface area contributed by atoms with Crippen LogP contribution < -0.4 is 4.90 Å². The smallest absolute Gasteiger partial charge is 0.356 e.